The highest BCUT2D eigenvalue weighted by Crippen LogP contribution is 2.36. The molecule has 1 fully saturated rings. The van der Waals surface area contributed by atoms with Crippen LogP contribution >= 0.6 is 11.3 Å². The number of methoxy groups -OCH3 is 2. The molecule has 2 unspecified atom stereocenters. The van der Waals surface area contributed by atoms with Crippen molar-refractivity contribution in [3.05, 3.63) is 46.2 Å². The summed E-state index contributed by atoms with van der Waals surface area (Å²) < 4.78 is 10.6. The van der Waals surface area contributed by atoms with Crippen molar-refractivity contribution in [3.63, 3.8) is 0 Å². The average Bonchev–Trinajstić information content (AvgIpc) is 3.39. The molecule has 1 aliphatic heterocycles. The summed E-state index contributed by atoms with van der Waals surface area (Å²) in [5.41, 5.74) is 0.944. The normalized spacial score (nSPS) is 17.5. The molecule has 1 aromatic heterocycles. The smallest absolute Gasteiger partial charge is 0.225 e. The van der Waals surface area contributed by atoms with Gasteiger partial charge in [0.2, 0.25) is 11.8 Å². The zero-order valence-corrected chi connectivity index (χ0v) is 19.8. The molecule has 2 heterocycles. The molecule has 2 atom stereocenters. The number of likely N-dealkylation sites (tertiary alicyclic amines) is 1. The first-order valence-electron chi connectivity index (χ1n) is 10.6. The van der Waals surface area contributed by atoms with Crippen LogP contribution in [0.15, 0.2) is 35.7 Å². The fourth-order valence-electron chi connectivity index (χ4n) is 3.89. The quantitative estimate of drug-likeness (QED) is 0.667. The van der Waals surface area contributed by atoms with Crippen LogP contribution in [-0.2, 0) is 16.0 Å². The molecule has 7 heteroatoms. The average molecular weight is 445 g/mol. The van der Waals surface area contributed by atoms with Crippen LogP contribution in [0.5, 0.6) is 11.5 Å². The molecule has 0 radical (unpaired) electrons. The van der Waals surface area contributed by atoms with Gasteiger partial charge in [0, 0.05) is 24.4 Å². The predicted molar refractivity (Wildman–Crippen MR) is 123 cm³/mol. The van der Waals surface area contributed by atoms with E-state index in [0.29, 0.717) is 31.0 Å². The molecular weight excluding hydrogens is 412 g/mol. The topological polar surface area (TPSA) is 67.9 Å². The van der Waals surface area contributed by atoms with E-state index in [4.69, 9.17) is 9.47 Å². The van der Waals surface area contributed by atoms with Gasteiger partial charge in [-0.15, -0.1) is 11.3 Å². The van der Waals surface area contributed by atoms with Crippen molar-refractivity contribution in [1.29, 1.82) is 0 Å². The summed E-state index contributed by atoms with van der Waals surface area (Å²) in [6.07, 6.45) is 0.958. The molecule has 2 amide bonds. The number of hydrogen-bond donors (Lipinski definition) is 1. The molecule has 0 bridgehead atoms. The van der Waals surface area contributed by atoms with Crippen molar-refractivity contribution >= 4 is 23.2 Å². The van der Waals surface area contributed by atoms with E-state index in [0.717, 1.165) is 10.4 Å². The highest BCUT2D eigenvalue weighted by molar-refractivity contribution is 7.10. The molecule has 1 N–H and O–H groups in total. The van der Waals surface area contributed by atoms with Gasteiger partial charge in [0.1, 0.15) is 0 Å². The van der Waals surface area contributed by atoms with E-state index < -0.39 is 0 Å². The van der Waals surface area contributed by atoms with Gasteiger partial charge in [-0.05, 0) is 41.0 Å². The maximum atomic E-state index is 13.0. The molecular formula is C24H32N2O4S. The fraction of sp³-hybridized carbons (Fsp3) is 0.500. The molecule has 0 aliphatic carbocycles. The van der Waals surface area contributed by atoms with E-state index in [9.17, 15) is 9.59 Å². The lowest BCUT2D eigenvalue weighted by Gasteiger charge is -2.31. The van der Waals surface area contributed by atoms with Crippen LogP contribution in [0, 0.1) is 11.3 Å². The van der Waals surface area contributed by atoms with Gasteiger partial charge in [-0.1, -0.05) is 32.9 Å². The third-order valence-electron chi connectivity index (χ3n) is 5.68. The van der Waals surface area contributed by atoms with Gasteiger partial charge in [-0.3, -0.25) is 9.59 Å². The number of carbonyl (C=O) groups excluding carboxylic acids is 2. The van der Waals surface area contributed by atoms with Crippen molar-refractivity contribution in [3.8, 4) is 11.5 Å². The summed E-state index contributed by atoms with van der Waals surface area (Å²) in [7, 11) is 3.21. The second-order valence-corrected chi connectivity index (χ2v) is 9.98. The van der Waals surface area contributed by atoms with E-state index >= 15 is 0 Å². The third kappa shape index (κ3) is 5.58. The van der Waals surface area contributed by atoms with Gasteiger partial charge in [-0.2, -0.15) is 0 Å². The lowest BCUT2D eigenvalue weighted by Crippen LogP contribution is -2.40. The summed E-state index contributed by atoms with van der Waals surface area (Å²) in [6.45, 7) is 7.39. The predicted octanol–water partition coefficient (Wildman–Crippen LogP) is 4.06. The van der Waals surface area contributed by atoms with Crippen LogP contribution in [0.2, 0.25) is 0 Å². The van der Waals surface area contributed by atoms with Crippen LogP contribution in [0.1, 0.15) is 43.7 Å². The van der Waals surface area contributed by atoms with E-state index in [1.54, 1.807) is 30.5 Å². The van der Waals surface area contributed by atoms with Crippen LogP contribution in [0.4, 0.5) is 0 Å². The van der Waals surface area contributed by atoms with E-state index in [2.05, 4.69) is 32.2 Å². The van der Waals surface area contributed by atoms with Crippen LogP contribution in [-0.4, -0.2) is 44.0 Å². The first kappa shape index (κ1) is 23.1. The summed E-state index contributed by atoms with van der Waals surface area (Å²) >= 11 is 1.64. The summed E-state index contributed by atoms with van der Waals surface area (Å²) in [5.74, 6) is 1.02. The molecule has 6 nitrogen and oxygen atoms in total. The molecule has 2 aromatic rings. The lowest BCUT2D eigenvalue weighted by molar-refractivity contribution is -0.129. The van der Waals surface area contributed by atoms with Gasteiger partial charge in [-0.25, -0.2) is 0 Å². The number of carbonyl (C=O) groups is 2. The highest BCUT2D eigenvalue weighted by Gasteiger charge is 2.37. The van der Waals surface area contributed by atoms with Crippen molar-refractivity contribution in [2.45, 2.75) is 39.7 Å². The second kappa shape index (κ2) is 9.73. The number of nitrogens with one attached hydrogen (secondary N) is 1. The van der Waals surface area contributed by atoms with Crippen molar-refractivity contribution in [2.24, 2.45) is 11.3 Å². The lowest BCUT2D eigenvalue weighted by atomic mass is 9.85. The van der Waals surface area contributed by atoms with Crippen molar-refractivity contribution < 1.29 is 19.1 Å². The number of thiophene rings is 1. The number of benzene rings is 1. The largest absolute Gasteiger partial charge is 0.493 e. The van der Waals surface area contributed by atoms with Gasteiger partial charge in [0.15, 0.2) is 11.5 Å². The zero-order valence-electron chi connectivity index (χ0n) is 18.9. The zero-order chi connectivity index (χ0) is 22.6. The van der Waals surface area contributed by atoms with Gasteiger partial charge < -0.3 is 19.7 Å². The van der Waals surface area contributed by atoms with E-state index in [1.165, 1.54) is 0 Å². The molecule has 1 aliphatic rings. The molecule has 1 saturated heterocycles. The Morgan fingerprint density at radius 1 is 1.23 bits per heavy atom. The number of amides is 2. The number of nitrogens with zero attached hydrogens (tertiary/aromatic N) is 1. The Kier molecular flexibility index (Phi) is 7.26. The Morgan fingerprint density at radius 2 is 1.97 bits per heavy atom. The molecule has 1 aromatic carbocycles. The standard InChI is InChI=1S/C24H32N2O4S/c1-24(2,3)22(20-7-6-12-31-20)25-23(28)17-14-21(27)26(15-17)11-10-16-8-9-18(29-4)19(13-16)30-5/h6-9,12-13,17,22H,10-11,14-15H2,1-5H3,(H,25,28). The molecule has 0 spiro atoms. The maximum Gasteiger partial charge on any atom is 0.225 e. The Labute approximate surface area is 188 Å². The Morgan fingerprint density at radius 3 is 2.58 bits per heavy atom. The Hall–Kier alpha value is -2.54. The molecule has 3 rings (SSSR count). The number of rotatable bonds is 8. The minimum absolute atomic E-state index is 0.0315. The summed E-state index contributed by atoms with van der Waals surface area (Å²) in [4.78, 5) is 28.5. The van der Waals surface area contributed by atoms with E-state index in [1.807, 2.05) is 29.6 Å². The highest BCUT2D eigenvalue weighted by atomic mass is 32.1. The molecule has 31 heavy (non-hydrogen) atoms. The Balaban J connectivity index is 1.60. The maximum absolute atomic E-state index is 13.0. The third-order valence-corrected chi connectivity index (χ3v) is 6.62. The second-order valence-electron chi connectivity index (χ2n) is 9.00. The summed E-state index contributed by atoms with van der Waals surface area (Å²) in [5, 5.41) is 5.23. The van der Waals surface area contributed by atoms with E-state index in [-0.39, 0.29) is 35.6 Å². The van der Waals surface area contributed by atoms with Crippen LogP contribution in [0.25, 0.3) is 0 Å². The fourth-order valence-corrected chi connectivity index (χ4v) is 4.91. The number of ether oxygens (including phenoxy) is 2. The Bertz CT molecular complexity index is 905. The monoisotopic (exact) mass is 444 g/mol. The molecule has 0 saturated carbocycles. The van der Waals surface area contributed by atoms with Gasteiger partial charge in [0.05, 0.1) is 26.2 Å². The number of hydrogen-bond acceptors (Lipinski definition) is 5. The van der Waals surface area contributed by atoms with Crippen molar-refractivity contribution in [1.82, 2.24) is 10.2 Å². The van der Waals surface area contributed by atoms with Crippen LogP contribution in [0.3, 0.4) is 0 Å². The first-order chi connectivity index (χ1) is 14.7. The van der Waals surface area contributed by atoms with Gasteiger partial charge >= 0.3 is 0 Å². The molecule has 168 valence electrons. The van der Waals surface area contributed by atoms with Crippen molar-refractivity contribution in [2.75, 3.05) is 27.3 Å². The van der Waals surface area contributed by atoms with Gasteiger partial charge in [0.25, 0.3) is 0 Å². The minimum Gasteiger partial charge on any atom is -0.493 e. The summed E-state index contributed by atoms with van der Waals surface area (Å²) in [6, 6.07) is 9.75. The van der Waals surface area contributed by atoms with Crippen LogP contribution < -0.4 is 14.8 Å². The first-order valence-corrected chi connectivity index (χ1v) is 11.4. The minimum atomic E-state index is -0.317. The SMILES string of the molecule is COc1ccc(CCN2CC(C(=O)NC(c3cccs3)C(C)(C)C)CC2=O)cc1OC.